The van der Waals surface area contributed by atoms with E-state index < -0.39 is 0 Å². The molecule has 1 radical (unpaired) electrons. The molecule has 0 saturated heterocycles. The van der Waals surface area contributed by atoms with Crippen molar-refractivity contribution in [1.82, 2.24) is 0 Å². The summed E-state index contributed by atoms with van der Waals surface area (Å²) in [6.07, 6.45) is 1.59. The summed E-state index contributed by atoms with van der Waals surface area (Å²) >= 11 is 0. The predicted octanol–water partition coefficient (Wildman–Crippen LogP) is 4.46. The average molecular weight is 458 g/mol. The Morgan fingerprint density at radius 3 is 2.00 bits per heavy atom. The van der Waals surface area contributed by atoms with Crippen molar-refractivity contribution in [2.45, 2.75) is 39.9 Å². The van der Waals surface area contributed by atoms with Gasteiger partial charge < -0.3 is 14.2 Å². The van der Waals surface area contributed by atoms with Crippen LogP contribution in [-0.4, -0.2) is 19.8 Å². The molecule has 0 aliphatic heterocycles. The highest BCUT2D eigenvalue weighted by molar-refractivity contribution is 5.45. The van der Waals surface area contributed by atoms with Gasteiger partial charge in [0.05, 0.1) is 38.3 Å². The largest absolute Gasteiger partial charge is 0.462 e. The predicted molar refractivity (Wildman–Crippen MR) is 134 cm³/mol. The first-order chi connectivity index (χ1) is 16.5. The van der Waals surface area contributed by atoms with E-state index in [1.54, 1.807) is 0 Å². The molecule has 0 spiro atoms. The fourth-order valence-corrected chi connectivity index (χ4v) is 4.88. The lowest BCUT2D eigenvalue weighted by Gasteiger charge is -2.29. The Morgan fingerprint density at radius 1 is 0.912 bits per heavy atom. The zero-order valence-corrected chi connectivity index (χ0v) is 20.1. The summed E-state index contributed by atoms with van der Waals surface area (Å²) in [5.74, 6) is -0.300. The molecule has 0 unspecified atom stereocenters. The number of ether oxygens (including phenoxy) is 3. The van der Waals surface area contributed by atoms with E-state index in [2.05, 4.69) is 36.9 Å². The van der Waals surface area contributed by atoms with Gasteiger partial charge in [0.2, 0.25) is 0 Å². The molecule has 34 heavy (non-hydrogen) atoms. The molecular formula is C30H33O4. The summed E-state index contributed by atoms with van der Waals surface area (Å²) in [7, 11) is 0. The number of benzene rings is 3. The summed E-state index contributed by atoms with van der Waals surface area (Å²) in [5.41, 5.74) is 5.35. The first-order valence-electron chi connectivity index (χ1n) is 11.9. The molecule has 4 nitrogen and oxygen atoms in total. The first-order valence-corrected chi connectivity index (χ1v) is 11.9. The second kappa shape index (κ2) is 10.9. The molecule has 4 rings (SSSR count). The Kier molecular flexibility index (Phi) is 7.71. The Labute approximate surface area is 202 Å². The van der Waals surface area contributed by atoms with Crippen LogP contribution in [0.25, 0.3) is 12.5 Å². The highest BCUT2D eigenvalue weighted by atomic mass is 16.6. The summed E-state index contributed by atoms with van der Waals surface area (Å²) in [4.78, 5) is 0. The van der Waals surface area contributed by atoms with Crippen molar-refractivity contribution < 1.29 is 19.3 Å². The van der Waals surface area contributed by atoms with Crippen molar-refractivity contribution in [3.05, 3.63) is 105 Å². The summed E-state index contributed by atoms with van der Waals surface area (Å²) < 4.78 is 17.8. The average Bonchev–Trinajstić information content (AvgIpc) is 3.19. The molecule has 0 aromatic heterocycles. The second-order valence-electron chi connectivity index (χ2n) is 9.22. The van der Waals surface area contributed by atoms with Crippen LogP contribution in [-0.2, 0) is 45.4 Å². The summed E-state index contributed by atoms with van der Waals surface area (Å²) in [5, 5.41) is 14.0. The van der Waals surface area contributed by atoms with Gasteiger partial charge in [-0.2, -0.15) is 0 Å². The maximum Gasteiger partial charge on any atom is 0.338 e. The summed E-state index contributed by atoms with van der Waals surface area (Å²) in [6, 6.07) is 22.5. The molecule has 1 aliphatic carbocycles. The summed E-state index contributed by atoms with van der Waals surface area (Å²) in [6.45, 7) is 10.7. The van der Waals surface area contributed by atoms with E-state index in [-0.39, 0.29) is 11.4 Å². The lowest BCUT2D eigenvalue weighted by Crippen LogP contribution is -2.35. The molecular weight excluding hydrogens is 424 g/mol. The molecule has 177 valence electrons. The smallest absolute Gasteiger partial charge is 0.338 e. The van der Waals surface area contributed by atoms with Crippen LogP contribution in [0.5, 0.6) is 0 Å². The van der Waals surface area contributed by atoms with Crippen LogP contribution in [0.2, 0.25) is 0 Å². The van der Waals surface area contributed by atoms with Gasteiger partial charge in [0.1, 0.15) is 0 Å². The highest BCUT2D eigenvalue weighted by Crippen LogP contribution is 2.37. The Balaban J connectivity index is 1.57. The lowest BCUT2D eigenvalue weighted by atomic mass is 9.86. The Hall–Kier alpha value is -3.08. The van der Waals surface area contributed by atoms with Gasteiger partial charge >= 0.3 is 5.95 Å². The van der Waals surface area contributed by atoms with Crippen LogP contribution in [0.15, 0.2) is 66.7 Å². The quantitative estimate of drug-likeness (QED) is 0.452. The molecule has 0 amide bonds. The van der Waals surface area contributed by atoms with Crippen LogP contribution in [0, 0.1) is 12.3 Å². The molecule has 3 aromatic rings. The second-order valence-corrected chi connectivity index (χ2v) is 9.22. The van der Waals surface area contributed by atoms with Crippen molar-refractivity contribution in [3.8, 4) is 0 Å². The van der Waals surface area contributed by atoms with Gasteiger partial charge in [0.15, 0.2) is 0 Å². The van der Waals surface area contributed by atoms with E-state index in [1.165, 1.54) is 5.56 Å². The maximum atomic E-state index is 12.6. The van der Waals surface area contributed by atoms with Crippen molar-refractivity contribution in [2.75, 3.05) is 19.8 Å². The van der Waals surface area contributed by atoms with Crippen LogP contribution >= 0.6 is 0 Å². The minimum Gasteiger partial charge on any atom is -0.462 e. The normalized spacial score (nSPS) is 15.1. The SMILES string of the molecule is C=c1c2c(cc(C)c1=C([O])OCC)CC(COCc1ccccc1)(COCc1ccccc1)C2. The van der Waals surface area contributed by atoms with Gasteiger partial charge in [0, 0.05) is 5.41 Å². The lowest BCUT2D eigenvalue weighted by molar-refractivity contribution is -0.0280. The molecule has 0 bridgehead atoms. The molecule has 0 atom stereocenters. The number of hydrogen-bond acceptors (Lipinski definition) is 3. The molecule has 1 aliphatic rings. The van der Waals surface area contributed by atoms with E-state index in [9.17, 15) is 5.11 Å². The number of aryl methyl sites for hydroxylation is 1. The van der Waals surface area contributed by atoms with Crippen molar-refractivity contribution >= 4 is 12.5 Å². The van der Waals surface area contributed by atoms with E-state index in [0.29, 0.717) is 38.3 Å². The minimum absolute atomic E-state index is 0.210. The van der Waals surface area contributed by atoms with Crippen LogP contribution in [0.1, 0.15) is 34.7 Å². The zero-order valence-electron chi connectivity index (χ0n) is 20.1. The van der Waals surface area contributed by atoms with E-state index in [4.69, 9.17) is 14.2 Å². The topological polar surface area (TPSA) is 47.6 Å². The van der Waals surface area contributed by atoms with Crippen LogP contribution in [0.4, 0.5) is 0 Å². The van der Waals surface area contributed by atoms with Crippen molar-refractivity contribution in [1.29, 1.82) is 0 Å². The van der Waals surface area contributed by atoms with E-state index in [0.717, 1.165) is 40.3 Å². The van der Waals surface area contributed by atoms with Crippen molar-refractivity contribution in [3.63, 3.8) is 0 Å². The number of rotatable bonds is 10. The third-order valence-electron chi connectivity index (χ3n) is 6.48. The van der Waals surface area contributed by atoms with Gasteiger partial charge in [0.25, 0.3) is 0 Å². The zero-order chi connectivity index (χ0) is 24.0. The number of hydrogen-bond donors (Lipinski definition) is 0. The van der Waals surface area contributed by atoms with Crippen LogP contribution in [0.3, 0.4) is 0 Å². The van der Waals surface area contributed by atoms with Gasteiger partial charge in [-0.05, 0) is 59.7 Å². The fraction of sp³-hybridized carbons (Fsp3) is 0.333. The molecule has 4 heteroatoms. The van der Waals surface area contributed by atoms with Crippen LogP contribution < -0.4 is 10.4 Å². The molecule has 0 fully saturated rings. The van der Waals surface area contributed by atoms with Gasteiger partial charge in [-0.1, -0.05) is 73.3 Å². The Bertz CT molecular complexity index is 1160. The number of fused-ring (bicyclic) bond motifs is 1. The third-order valence-corrected chi connectivity index (χ3v) is 6.48. The molecule has 0 saturated carbocycles. The standard InChI is InChI=1S/C30H33O4/c1-4-34-29(31)28-22(2)15-26-16-30(17-27(26)23(28)3,20-32-18-24-11-7-5-8-12-24)21-33-19-25-13-9-6-10-14-25/h5-15H,3-4,16-21H2,1-2H3. The fourth-order valence-electron chi connectivity index (χ4n) is 4.88. The Morgan fingerprint density at radius 2 is 1.47 bits per heavy atom. The van der Waals surface area contributed by atoms with E-state index >= 15 is 0 Å². The maximum absolute atomic E-state index is 12.6. The minimum atomic E-state index is -0.300. The monoisotopic (exact) mass is 457 g/mol. The van der Waals surface area contributed by atoms with E-state index in [1.807, 2.05) is 50.2 Å². The molecule has 0 N–H and O–H groups in total. The molecule has 0 heterocycles. The van der Waals surface area contributed by atoms with Gasteiger partial charge in [-0.15, -0.1) is 0 Å². The van der Waals surface area contributed by atoms with Gasteiger partial charge in [-0.25, -0.2) is 5.11 Å². The third kappa shape index (κ3) is 5.52. The van der Waals surface area contributed by atoms with Gasteiger partial charge in [-0.3, -0.25) is 0 Å². The van der Waals surface area contributed by atoms with Crippen molar-refractivity contribution in [2.24, 2.45) is 5.41 Å². The first kappa shape index (κ1) is 24.1. The molecule has 3 aromatic carbocycles. The highest BCUT2D eigenvalue weighted by Gasteiger charge is 2.39.